The van der Waals surface area contributed by atoms with Crippen molar-refractivity contribution in [1.29, 1.82) is 0 Å². The van der Waals surface area contributed by atoms with Crippen LogP contribution in [0.15, 0.2) is 24.4 Å². The number of carbonyl (C=O) groups is 1. The molecule has 3 atom stereocenters. The third-order valence-corrected chi connectivity index (χ3v) is 10.1. The quantitative estimate of drug-likeness (QED) is 0.544. The summed E-state index contributed by atoms with van der Waals surface area (Å²) >= 11 is 0. The van der Waals surface area contributed by atoms with E-state index in [-0.39, 0.29) is 29.9 Å². The van der Waals surface area contributed by atoms with E-state index in [2.05, 4.69) is 28.0 Å². The van der Waals surface area contributed by atoms with Gasteiger partial charge in [0.15, 0.2) is 0 Å². The maximum Gasteiger partial charge on any atom is 0.279 e. The van der Waals surface area contributed by atoms with Crippen molar-refractivity contribution in [3.8, 4) is 0 Å². The molecule has 210 valence electrons. The van der Waals surface area contributed by atoms with Crippen molar-refractivity contribution < 1.29 is 22.7 Å². The summed E-state index contributed by atoms with van der Waals surface area (Å²) in [5, 5.41) is 5.54. The largest absolute Gasteiger partial charge is 0.381 e. The van der Waals surface area contributed by atoms with E-state index >= 15 is 0 Å². The Hall–Kier alpha value is -2.05. The number of aromatic nitrogens is 2. The number of fused-ring (bicyclic) bond motifs is 1. The van der Waals surface area contributed by atoms with Gasteiger partial charge in [0.25, 0.3) is 10.2 Å². The Labute approximate surface area is 225 Å². The molecule has 0 bridgehead atoms. The number of amides is 1. The zero-order valence-corrected chi connectivity index (χ0v) is 23.5. The van der Waals surface area contributed by atoms with Crippen LogP contribution in [0.25, 0.3) is 10.9 Å². The van der Waals surface area contributed by atoms with Gasteiger partial charge in [0, 0.05) is 58.2 Å². The summed E-state index contributed by atoms with van der Waals surface area (Å²) in [6.07, 6.45) is 7.46. The lowest BCUT2D eigenvalue weighted by molar-refractivity contribution is -0.138. The minimum atomic E-state index is -3.58. The Morgan fingerprint density at radius 2 is 1.97 bits per heavy atom. The Kier molecular flexibility index (Phi) is 8.39. The van der Waals surface area contributed by atoms with Gasteiger partial charge in [-0.05, 0) is 62.1 Å². The summed E-state index contributed by atoms with van der Waals surface area (Å²) in [5.74, 6) is 0.436. The van der Waals surface area contributed by atoms with Crippen LogP contribution in [0.1, 0.15) is 50.0 Å². The number of hydrogen-bond acceptors (Lipinski definition) is 6. The van der Waals surface area contributed by atoms with Crippen molar-refractivity contribution >= 4 is 27.0 Å². The van der Waals surface area contributed by atoms with Crippen molar-refractivity contribution in [3.63, 3.8) is 0 Å². The number of benzene rings is 1. The summed E-state index contributed by atoms with van der Waals surface area (Å²) in [5.41, 5.74) is 2.50. The maximum absolute atomic E-state index is 13.1. The van der Waals surface area contributed by atoms with Crippen LogP contribution in [0, 0.1) is 11.8 Å². The molecule has 3 aliphatic rings. The standard InChI is InChI=1S/C27H41N5O5S/c1-30(2)38(34,35)29-25-10-12-32(27(33)21-11-13-36-17-21)16-23(25)18-37-24-7-4-19(5-8-24)20-6-9-26-22(14-20)15-28-31(26)3/h6,9,14-15,19,21,23-25,29H,4-5,7-8,10-13,16-18H2,1-3H3/t19?,21-,23?,24?,25?/m1/s1. The molecule has 10 nitrogen and oxygen atoms in total. The first-order valence-corrected chi connectivity index (χ1v) is 15.2. The fourth-order valence-electron chi connectivity index (χ4n) is 6.10. The van der Waals surface area contributed by atoms with Crippen LogP contribution in [0.5, 0.6) is 0 Å². The van der Waals surface area contributed by atoms with E-state index in [1.807, 2.05) is 22.8 Å². The van der Waals surface area contributed by atoms with E-state index in [0.29, 0.717) is 45.2 Å². The Balaban J connectivity index is 1.19. The monoisotopic (exact) mass is 547 g/mol. The number of rotatable bonds is 8. The first kappa shape index (κ1) is 27.5. The van der Waals surface area contributed by atoms with Crippen LogP contribution in [-0.2, 0) is 31.5 Å². The topological polar surface area (TPSA) is 106 Å². The lowest BCUT2D eigenvalue weighted by Gasteiger charge is -2.40. The van der Waals surface area contributed by atoms with E-state index in [4.69, 9.17) is 9.47 Å². The molecule has 2 aromatic rings. The van der Waals surface area contributed by atoms with E-state index < -0.39 is 10.2 Å². The van der Waals surface area contributed by atoms with Gasteiger partial charge in [-0.2, -0.15) is 22.5 Å². The lowest BCUT2D eigenvalue weighted by Crippen LogP contribution is -2.56. The third-order valence-electron chi connectivity index (χ3n) is 8.57. The van der Waals surface area contributed by atoms with Crippen LogP contribution in [0.3, 0.4) is 0 Å². The van der Waals surface area contributed by atoms with E-state index in [0.717, 1.165) is 37.6 Å². The molecule has 0 radical (unpaired) electrons. The van der Waals surface area contributed by atoms with E-state index in [9.17, 15) is 13.2 Å². The van der Waals surface area contributed by atoms with Gasteiger partial charge in [-0.25, -0.2) is 0 Å². The second-order valence-corrected chi connectivity index (χ2v) is 13.2. The van der Waals surface area contributed by atoms with Crippen LogP contribution in [0.2, 0.25) is 0 Å². The molecular formula is C27H41N5O5S. The number of hydrogen-bond donors (Lipinski definition) is 1. The minimum Gasteiger partial charge on any atom is -0.381 e. The summed E-state index contributed by atoms with van der Waals surface area (Å²) in [4.78, 5) is 14.9. The van der Waals surface area contributed by atoms with Crippen molar-refractivity contribution in [3.05, 3.63) is 30.0 Å². The number of likely N-dealkylation sites (tertiary alicyclic amines) is 1. The van der Waals surface area contributed by atoms with Crippen LogP contribution < -0.4 is 4.72 Å². The van der Waals surface area contributed by atoms with Crippen LogP contribution in [0.4, 0.5) is 0 Å². The normalized spacial score (nSPS) is 28.8. The SMILES string of the molecule is CN(C)S(=O)(=O)NC1CCN(C(=O)[C@@H]2CCOC2)CC1COC1CCC(c2ccc3c(cnn3C)c2)CC1. The van der Waals surface area contributed by atoms with Gasteiger partial charge >= 0.3 is 0 Å². The molecule has 1 aromatic heterocycles. The molecule has 2 saturated heterocycles. The fourth-order valence-corrected chi connectivity index (χ4v) is 7.00. The Morgan fingerprint density at radius 1 is 1.18 bits per heavy atom. The van der Waals surface area contributed by atoms with Crippen LogP contribution in [-0.4, -0.2) is 92.5 Å². The van der Waals surface area contributed by atoms with Gasteiger partial charge in [0.1, 0.15) is 0 Å². The van der Waals surface area contributed by atoms with Crippen molar-refractivity contribution in [2.45, 2.75) is 56.6 Å². The van der Waals surface area contributed by atoms with Gasteiger partial charge in [-0.1, -0.05) is 6.07 Å². The highest BCUT2D eigenvalue weighted by molar-refractivity contribution is 7.87. The molecule has 38 heavy (non-hydrogen) atoms. The Bertz CT molecular complexity index is 1220. The average molecular weight is 548 g/mol. The average Bonchev–Trinajstić information content (AvgIpc) is 3.58. The highest BCUT2D eigenvalue weighted by atomic mass is 32.2. The molecule has 11 heteroatoms. The number of aryl methyl sites for hydroxylation is 1. The second-order valence-electron chi connectivity index (χ2n) is 11.3. The van der Waals surface area contributed by atoms with Gasteiger partial charge < -0.3 is 14.4 Å². The highest BCUT2D eigenvalue weighted by Gasteiger charge is 2.38. The molecule has 1 aliphatic carbocycles. The summed E-state index contributed by atoms with van der Waals surface area (Å²) < 4.78 is 43.0. The highest BCUT2D eigenvalue weighted by Crippen LogP contribution is 2.35. The van der Waals surface area contributed by atoms with Gasteiger partial charge in [-0.15, -0.1) is 0 Å². The zero-order chi connectivity index (χ0) is 26.9. The minimum absolute atomic E-state index is 0.0900. The number of piperidine rings is 1. The van der Waals surface area contributed by atoms with Gasteiger partial charge in [0.2, 0.25) is 5.91 Å². The van der Waals surface area contributed by atoms with Gasteiger partial charge in [0.05, 0.1) is 36.9 Å². The predicted octanol–water partition coefficient (Wildman–Crippen LogP) is 2.27. The number of ether oxygens (including phenoxy) is 2. The molecule has 5 rings (SSSR count). The predicted molar refractivity (Wildman–Crippen MR) is 145 cm³/mol. The molecule has 2 aliphatic heterocycles. The molecule has 1 saturated carbocycles. The van der Waals surface area contributed by atoms with E-state index in [1.165, 1.54) is 29.4 Å². The molecule has 3 heterocycles. The molecule has 1 amide bonds. The maximum atomic E-state index is 13.1. The molecule has 1 N–H and O–H groups in total. The van der Waals surface area contributed by atoms with Crippen molar-refractivity contribution in [1.82, 2.24) is 23.7 Å². The second kappa shape index (κ2) is 11.6. The van der Waals surface area contributed by atoms with E-state index in [1.54, 1.807) is 0 Å². The number of carbonyl (C=O) groups excluding carboxylic acids is 1. The summed E-state index contributed by atoms with van der Waals surface area (Å²) in [7, 11) is 1.43. The summed E-state index contributed by atoms with van der Waals surface area (Å²) in [6.45, 7) is 2.57. The third kappa shape index (κ3) is 6.07. The first-order valence-electron chi connectivity index (χ1n) is 13.8. The molecule has 3 fully saturated rings. The van der Waals surface area contributed by atoms with Crippen LogP contribution >= 0.6 is 0 Å². The van der Waals surface area contributed by atoms with Crippen molar-refractivity contribution in [2.75, 3.05) is 47.0 Å². The van der Waals surface area contributed by atoms with Crippen molar-refractivity contribution in [2.24, 2.45) is 18.9 Å². The molecular weight excluding hydrogens is 506 g/mol. The number of nitrogens with zero attached hydrogens (tertiary/aromatic N) is 4. The lowest BCUT2D eigenvalue weighted by atomic mass is 9.82. The number of nitrogens with one attached hydrogen (secondary N) is 1. The Morgan fingerprint density at radius 3 is 2.68 bits per heavy atom. The first-order chi connectivity index (χ1) is 18.2. The zero-order valence-electron chi connectivity index (χ0n) is 22.7. The molecule has 0 spiro atoms. The smallest absolute Gasteiger partial charge is 0.279 e. The fraction of sp³-hybridized carbons (Fsp3) is 0.704. The van der Waals surface area contributed by atoms with Gasteiger partial charge in [-0.3, -0.25) is 9.48 Å². The molecule has 2 unspecified atom stereocenters. The summed E-state index contributed by atoms with van der Waals surface area (Å²) in [6, 6.07) is 6.37. The molecule has 1 aromatic carbocycles.